The van der Waals surface area contributed by atoms with E-state index in [0.29, 0.717) is 11.6 Å². The number of rotatable bonds is 10. The van der Waals surface area contributed by atoms with Gasteiger partial charge in [-0.05, 0) is 19.3 Å². The van der Waals surface area contributed by atoms with Gasteiger partial charge in [0.25, 0.3) is 0 Å². The highest BCUT2D eigenvalue weighted by Gasteiger charge is 2.29. The molecular formula is C16H29ClN4O6. The van der Waals surface area contributed by atoms with E-state index in [1.165, 1.54) is 11.9 Å². The molecule has 0 radical (unpaired) electrons. The second kappa shape index (κ2) is 11.6. The first kappa shape index (κ1) is 25.0. The van der Waals surface area contributed by atoms with Crippen molar-refractivity contribution in [3.8, 4) is 0 Å². The number of carbonyl (C=O) groups excluding carboxylic acids is 2. The van der Waals surface area contributed by atoms with Crippen LogP contribution in [0.5, 0.6) is 0 Å². The van der Waals surface area contributed by atoms with Crippen LogP contribution < -0.4 is 29.1 Å². The van der Waals surface area contributed by atoms with Crippen LogP contribution in [0, 0.1) is 11.8 Å². The fourth-order valence-electron chi connectivity index (χ4n) is 2.35. The number of hydrogen-bond acceptors (Lipinski definition) is 8. The molecule has 1 unspecified atom stereocenters. The smallest absolute Gasteiger partial charge is 0.366 e. The molecule has 10 nitrogen and oxygen atoms in total. The minimum absolute atomic E-state index is 0. The molecule has 1 heterocycles. The molecule has 6 N–H and O–H groups in total. The van der Waals surface area contributed by atoms with Gasteiger partial charge in [-0.3, -0.25) is 14.6 Å². The lowest BCUT2D eigenvalue weighted by atomic mass is 9.99. The Kier molecular flexibility index (Phi) is 10.7. The van der Waals surface area contributed by atoms with Crippen LogP contribution in [0.3, 0.4) is 0 Å². The van der Waals surface area contributed by atoms with E-state index >= 15 is 0 Å². The van der Waals surface area contributed by atoms with Gasteiger partial charge >= 0.3 is 17.9 Å². The number of quaternary nitrogens is 1. The maximum Gasteiger partial charge on any atom is 0.366 e. The van der Waals surface area contributed by atoms with E-state index in [1.54, 1.807) is 6.20 Å². The van der Waals surface area contributed by atoms with E-state index in [1.807, 2.05) is 20.8 Å². The van der Waals surface area contributed by atoms with Crippen LogP contribution in [0.4, 0.5) is 0 Å². The normalized spacial score (nSPS) is 16.5. The van der Waals surface area contributed by atoms with Crippen molar-refractivity contribution >= 4 is 17.9 Å². The van der Waals surface area contributed by atoms with Crippen molar-refractivity contribution < 1.29 is 47.1 Å². The maximum absolute atomic E-state index is 12.0. The minimum Gasteiger partial charge on any atom is -1.00 e. The Bertz CT molecular complexity index is 557. The number of hydrazine groups is 2. The first-order valence-corrected chi connectivity index (χ1v) is 8.51. The highest BCUT2D eigenvalue weighted by Crippen LogP contribution is 2.14. The van der Waals surface area contributed by atoms with Crippen LogP contribution in [0.1, 0.15) is 34.1 Å². The zero-order valence-electron chi connectivity index (χ0n) is 16.0. The quantitative estimate of drug-likeness (QED) is 0.266. The monoisotopic (exact) mass is 408 g/mol. The Balaban J connectivity index is 0.00000676. The van der Waals surface area contributed by atoms with E-state index in [0.717, 1.165) is 6.42 Å². The van der Waals surface area contributed by atoms with E-state index in [4.69, 9.17) is 14.6 Å². The van der Waals surface area contributed by atoms with Crippen molar-refractivity contribution in [2.45, 2.75) is 46.3 Å². The summed E-state index contributed by atoms with van der Waals surface area (Å²) in [4.78, 5) is 34.8. The zero-order chi connectivity index (χ0) is 19.9. The zero-order valence-corrected chi connectivity index (χ0v) is 16.8. The molecule has 0 fully saturated rings. The number of carboxylic acid groups (broad SMARTS) is 1. The summed E-state index contributed by atoms with van der Waals surface area (Å²) in [6, 6.07) is -1.05. The molecule has 0 spiro atoms. The highest BCUT2D eigenvalue weighted by molar-refractivity contribution is 5.75. The molecule has 0 aromatic heterocycles. The van der Waals surface area contributed by atoms with E-state index in [9.17, 15) is 14.4 Å². The van der Waals surface area contributed by atoms with E-state index in [-0.39, 0.29) is 37.4 Å². The van der Waals surface area contributed by atoms with Gasteiger partial charge in [-0.25, -0.2) is 4.79 Å². The summed E-state index contributed by atoms with van der Waals surface area (Å²) in [6.07, 6.45) is 1.44. The third kappa shape index (κ3) is 8.46. The topological polar surface area (TPSA) is 145 Å². The van der Waals surface area contributed by atoms with Gasteiger partial charge in [0.1, 0.15) is 13.2 Å². The fourth-order valence-corrected chi connectivity index (χ4v) is 2.35. The van der Waals surface area contributed by atoms with Gasteiger partial charge in [-0.1, -0.05) is 20.8 Å². The predicted octanol–water partition coefficient (Wildman–Crippen LogP) is -3.99. The van der Waals surface area contributed by atoms with Crippen molar-refractivity contribution in [3.63, 3.8) is 0 Å². The van der Waals surface area contributed by atoms with Crippen LogP contribution in [0.2, 0.25) is 0 Å². The molecule has 0 saturated carbocycles. The Morgan fingerprint density at radius 2 is 1.89 bits per heavy atom. The third-order valence-electron chi connectivity index (χ3n) is 3.86. The summed E-state index contributed by atoms with van der Waals surface area (Å²) in [5.41, 5.74) is 9.41. The first-order chi connectivity index (χ1) is 12.1. The van der Waals surface area contributed by atoms with Gasteiger partial charge in [0.15, 0.2) is 6.10 Å². The van der Waals surface area contributed by atoms with Gasteiger partial charge in [0.05, 0.1) is 11.6 Å². The van der Waals surface area contributed by atoms with Crippen LogP contribution in [0.15, 0.2) is 11.9 Å². The molecule has 0 amide bonds. The van der Waals surface area contributed by atoms with Crippen LogP contribution in [0.25, 0.3) is 0 Å². The molecule has 156 valence electrons. The Morgan fingerprint density at radius 3 is 2.44 bits per heavy atom. The van der Waals surface area contributed by atoms with Gasteiger partial charge in [-0.15, -0.1) is 5.53 Å². The summed E-state index contributed by atoms with van der Waals surface area (Å²) >= 11 is 0. The molecule has 1 aliphatic rings. The van der Waals surface area contributed by atoms with Crippen molar-refractivity contribution in [1.82, 2.24) is 16.0 Å². The number of aliphatic carboxylic acids is 1. The summed E-state index contributed by atoms with van der Waals surface area (Å²) in [7, 11) is 0. The number of hydrogen-bond donors (Lipinski definition) is 4. The van der Waals surface area contributed by atoms with Crippen molar-refractivity contribution in [1.29, 1.82) is 0 Å². The number of carboxylic acids is 1. The molecule has 0 aliphatic carbocycles. The van der Waals surface area contributed by atoms with Crippen molar-refractivity contribution in [2.75, 3.05) is 13.2 Å². The average Bonchev–Trinajstić information content (AvgIpc) is 2.97. The Morgan fingerprint density at radius 1 is 1.26 bits per heavy atom. The Labute approximate surface area is 164 Å². The van der Waals surface area contributed by atoms with Crippen LogP contribution >= 0.6 is 0 Å². The lowest BCUT2D eigenvalue weighted by molar-refractivity contribution is -0.423. The molecule has 3 atom stereocenters. The first-order valence-electron chi connectivity index (χ1n) is 8.51. The largest absolute Gasteiger partial charge is 1.00 e. The maximum atomic E-state index is 12.0. The molecule has 11 heteroatoms. The number of carbonyl (C=O) groups is 3. The van der Waals surface area contributed by atoms with Crippen molar-refractivity contribution in [3.05, 3.63) is 11.9 Å². The van der Waals surface area contributed by atoms with E-state index in [2.05, 4.69) is 16.7 Å². The van der Waals surface area contributed by atoms with Gasteiger partial charge in [0, 0.05) is 6.20 Å². The molecular weight excluding hydrogens is 380 g/mol. The summed E-state index contributed by atoms with van der Waals surface area (Å²) in [6.45, 7) is 7.16. The number of ether oxygens (including phenoxy) is 2. The summed E-state index contributed by atoms with van der Waals surface area (Å²) < 4.78 is 10.3. The predicted molar refractivity (Wildman–Crippen MR) is 90.5 cm³/mol. The molecule has 1 rings (SSSR count). The number of halogens is 1. The number of nitrogens with one attached hydrogen (secondary N) is 2. The standard InChI is InChI=1S/C16H28N4O6.ClH/c1-9(2)5-10(3)16(24)25-8-12-6-18-19-20(12)7-13(21)26-11(4)14(17)15(22)23;/h6,9-11,14,18-19H,5,7-8,17H2,1-4H3,(H,22,23);1H/t10?,11-,14+;/m1./s1. The Hall–Kier alpha value is -2.04. The highest BCUT2D eigenvalue weighted by atomic mass is 35.5. The third-order valence-corrected chi connectivity index (χ3v) is 3.86. The van der Waals surface area contributed by atoms with Gasteiger partial charge in [-0.2, -0.15) is 0 Å². The molecule has 0 aromatic carbocycles. The molecule has 0 bridgehead atoms. The molecule has 1 aliphatic heterocycles. The van der Waals surface area contributed by atoms with E-state index < -0.39 is 24.1 Å². The van der Waals surface area contributed by atoms with Gasteiger partial charge in [0.2, 0.25) is 6.04 Å². The average molecular weight is 409 g/mol. The molecule has 0 aromatic rings. The molecule has 27 heavy (non-hydrogen) atoms. The fraction of sp³-hybridized carbons (Fsp3) is 0.688. The SMILES string of the molecule is CC(C)CC(C)C(=O)OCC1=CNNN1CC(=O)O[C@H](C)[C@H]([NH3+])C(=O)O.[Cl-]. The second-order valence-corrected chi connectivity index (χ2v) is 6.76. The minimum atomic E-state index is -1.14. The number of nitrogens with zero attached hydrogens (tertiary/aromatic N) is 1. The second-order valence-electron chi connectivity index (χ2n) is 6.76. The van der Waals surface area contributed by atoms with Gasteiger partial charge < -0.3 is 38.1 Å². The number of esters is 2. The lowest BCUT2D eigenvalue weighted by Gasteiger charge is -2.22. The van der Waals surface area contributed by atoms with Crippen molar-refractivity contribution in [2.24, 2.45) is 11.8 Å². The lowest BCUT2D eigenvalue weighted by Crippen LogP contribution is -3.00. The summed E-state index contributed by atoms with van der Waals surface area (Å²) in [5, 5.41) is 10.3. The van der Waals surface area contributed by atoms with Crippen LogP contribution in [-0.2, 0) is 23.9 Å². The summed E-state index contributed by atoms with van der Waals surface area (Å²) in [5.74, 6) is -1.89. The molecule has 0 saturated heterocycles. The van der Waals surface area contributed by atoms with Crippen LogP contribution in [-0.4, -0.2) is 53.3 Å².